The zero-order valence-electron chi connectivity index (χ0n) is 11.2. The average molecular weight is 362 g/mol. The number of hydrogen-bond acceptors (Lipinski definition) is 2. The quantitative estimate of drug-likeness (QED) is 0.519. The highest BCUT2D eigenvalue weighted by Crippen LogP contribution is 2.33. The highest BCUT2D eigenvalue weighted by atomic mass is 79.9. The van der Waals surface area contributed by atoms with Crippen LogP contribution in [0.2, 0.25) is 5.02 Å². The summed E-state index contributed by atoms with van der Waals surface area (Å²) in [6.45, 7) is 0. The van der Waals surface area contributed by atoms with Crippen LogP contribution in [0.25, 0.3) is 10.8 Å². The highest BCUT2D eigenvalue weighted by Gasteiger charge is 2.17. The fourth-order valence-electron chi connectivity index (χ4n) is 2.58. The van der Waals surface area contributed by atoms with Crippen LogP contribution < -0.4 is 11.3 Å². The summed E-state index contributed by atoms with van der Waals surface area (Å²) in [5.41, 5.74) is 5.11. The predicted octanol–water partition coefficient (Wildman–Crippen LogP) is 4.81. The van der Waals surface area contributed by atoms with E-state index in [-0.39, 0.29) is 6.04 Å². The minimum Gasteiger partial charge on any atom is -0.271 e. The van der Waals surface area contributed by atoms with Crippen LogP contribution >= 0.6 is 27.5 Å². The fraction of sp³-hybridized carbons (Fsp3) is 0.0588. The zero-order valence-corrected chi connectivity index (χ0v) is 13.5. The standard InChI is InChI=1S/C17H14BrClN2/c18-16-10-12(19)8-9-15(16)17(21-20)14-7-3-5-11-4-1-2-6-13(11)14/h1-10,17,21H,20H2. The summed E-state index contributed by atoms with van der Waals surface area (Å²) in [5.74, 6) is 5.83. The van der Waals surface area contributed by atoms with Crippen molar-refractivity contribution >= 4 is 38.3 Å². The van der Waals surface area contributed by atoms with Crippen LogP contribution in [0.1, 0.15) is 17.2 Å². The molecule has 0 aliphatic heterocycles. The molecule has 0 aromatic heterocycles. The Balaban J connectivity index is 2.18. The zero-order chi connectivity index (χ0) is 14.8. The normalized spacial score (nSPS) is 12.5. The van der Waals surface area contributed by atoms with Crippen molar-refractivity contribution < 1.29 is 0 Å². The lowest BCUT2D eigenvalue weighted by atomic mass is 9.94. The number of hydrogen-bond donors (Lipinski definition) is 2. The Morgan fingerprint density at radius 1 is 0.952 bits per heavy atom. The molecule has 0 aliphatic carbocycles. The van der Waals surface area contributed by atoms with Crippen molar-refractivity contribution in [1.29, 1.82) is 0 Å². The second-order valence-corrected chi connectivity index (χ2v) is 6.12. The van der Waals surface area contributed by atoms with Gasteiger partial charge in [0.25, 0.3) is 0 Å². The first kappa shape index (κ1) is 14.5. The van der Waals surface area contributed by atoms with Gasteiger partial charge in [-0.25, -0.2) is 5.43 Å². The Morgan fingerprint density at radius 3 is 2.48 bits per heavy atom. The van der Waals surface area contributed by atoms with E-state index in [1.54, 1.807) is 0 Å². The molecule has 0 fully saturated rings. The second kappa shape index (κ2) is 6.16. The molecular formula is C17H14BrClN2. The van der Waals surface area contributed by atoms with E-state index in [4.69, 9.17) is 17.4 Å². The summed E-state index contributed by atoms with van der Waals surface area (Å²) in [4.78, 5) is 0. The first-order chi connectivity index (χ1) is 10.2. The summed E-state index contributed by atoms with van der Waals surface area (Å²) in [7, 11) is 0. The molecule has 3 rings (SSSR count). The Hall–Kier alpha value is -1.39. The van der Waals surface area contributed by atoms with Crippen molar-refractivity contribution in [2.45, 2.75) is 6.04 Å². The summed E-state index contributed by atoms with van der Waals surface area (Å²) >= 11 is 9.59. The molecule has 0 amide bonds. The Bertz CT molecular complexity index is 783. The molecule has 0 bridgehead atoms. The lowest BCUT2D eigenvalue weighted by molar-refractivity contribution is 0.638. The molecule has 1 unspecified atom stereocenters. The maximum atomic E-state index is 6.02. The van der Waals surface area contributed by atoms with Gasteiger partial charge in [0.05, 0.1) is 6.04 Å². The molecule has 0 saturated carbocycles. The van der Waals surface area contributed by atoms with Crippen molar-refractivity contribution in [3.8, 4) is 0 Å². The van der Waals surface area contributed by atoms with Gasteiger partial charge in [0.1, 0.15) is 0 Å². The van der Waals surface area contributed by atoms with Gasteiger partial charge in [-0.15, -0.1) is 0 Å². The van der Waals surface area contributed by atoms with E-state index >= 15 is 0 Å². The smallest absolute Gasteiger partial charge is 0.0727 e. The number of nitrogens with one attached hydrogen (secondary N) is 1. The maximum absolute atomic E-state index is 6.02. The van der Waals surface area contributed by atoms with Crippen LogP contribution in [-0.2, 0) is 0 Å². The van der Waals surface area contributed by atoms with Gasteiger partial charge in [0.2, 0.25) is 0 Å². The molecule has 21 heavy (non-hydrogen) atoms. The molecule has 3 N–H and O–H groups in total. The minimum atomic E-state index is -0.109. The molecule has 1 atom stereocenters. The van der Waals surface area contributed by atoms with E-state index < -0.39 is 0 Å². The van der Waals surface area contributed by atoms with E-state index in [0.29, 0.717) is 5.02 Å². The third-order valence-electron chi connectivity index (χ3n) is 3.57. The van der Waals surface area contributed by atoms with Crippen LogP contribution in [0, 0.1) is 0 Å². The van der Waals surface area contributed by atoms with E-state index in [1.165, 1.54) is 10.8 Å². The maximum Gasteiger partial charge on any atom is 0.0727 e. The fourth-order valence-corrected chi connectivity index (χ4v) is 3.50. The molecule has 0 spiro atoms. The van der Waals surface area contributed by atoms with Gasteiger partial charge in [0, 0.05) is 9.50 Å². The molecule has 0 heterocycles. The average Bonchev–Trinajstić information content (AvgIpc) is 2.50. The van der Waals surface area contributed by atoms with Gasteiger partial charge in [-0.1, -0.05) is 76.1 Å². The van der Waals surface area contributed by atoms with Crippen molar-refractivity contribution in [2.75, 3.05) is 0 Å². The Morgan fingerprint density at radius 2 is 1.71 bits per heavy atom. The van der Waals surface area contributed by atoms with Crippen molar-refractivity contribution in [3.63, 3.8) is 0 Å². The molecule has 3 aromatic rings. The minimum absolute atomic E-state index is 0.109. The molecule has 3 aromatic carbocycles. The van der Waals surface area contributed by atoms with E-state index in [0.717, 1.165) is 15.6 Å². The van der Waals surface area contributed by atoms with Gasteiger partial charge in [-0.3, -0.25) is 5.84 Å². The molecule has 0 aliphatic rings. The lowest BCUT2D eigenvalue weighted by Gasteiger charge is -2.20. The summed E-state index contributed by atoms with van der Waals surface area (Å²) in [5, 5.41) is 3.07. The Kier molecular flexibility index (Phi) is 4.27. The Labute approximate surface area is 137 Å². The number of nitrogens with two attached hydrogens (primary N) is 1. The van der Waals surface area contributed by atoms with Crippen LogP contribution in [0.15, 0.2) is 65.1 Å². The predicted molar refractivity (Wildman–Crippen MR) is 92.3 cm³/mol. The number of fused-ring (bicyclic) bond motifs is 1. The first-order valence-electron chi connectivity index (χ1n) is 6.59. The summed E-state index contributed by atoms with van der Waals surface area (Å²) in [6, 6.07) is 20.2. The summed E-state index contributed by atoms with van der Waals surface area (Å²) < 4.78 is 0.936. The van der Waals surface area contributed by atoms with Crippen LogP contribution in [0.5, 0.6) is 0 Å². The van der Waals surface area contributed by atoms with Crippen LogP contribution in [-0.4, -0.2) is 0 Å². The highest BCUT2D eigenvalue weighted by molar-refractivity contribution is 9.10. The monoisotopic (exact) mass is 360 g/mol. The van der Waals surface area contributed by atoms with E-state index in [1.807, 2.05) is 36.4 Å². The van der Waals surface area contributed by atoms with Gasteiger partial charge in [0.15, 0.2) is 0 Å². The summed E-state index contributed by atoms with van der Waals surface area (Å²) in [6.07, 6.45) is 0. The van der Waals surface area contributed by atoms with Gasteiger partial charge < -0.3 is 0 Å². The second-order valence-electron chi connectivity index (χ2n) is 4.83. The largest absolute Gasteiger partial charge is 0.271 e. The van der Waals surface area contributed by atoms with Gasteiger partial charge in [-0.2, -0.15) is 0 Å². The van der Waals surface area contributed by atoms with Crippen LogP contribution in [0.4, 0.5) is 0 Å². The molecule has 2 nitrogen and oxygen atoms in total. The van der Waals surface area contributed by atoms with Crippen molar-refractivity contribution in [1.82, 2.24) is 5.43 Å². The molecule has 106 valence electrons. The van der Waals surface area contributed by atoms with Crippen molar-refractivity contribution in [2.24, 2.45) is 5.84 Å². The van der Waals surface area contributed by atoms with E-state index in [2.05, 4.69) is 45.6 Å². The number of rotatable bonds is 3. The molecule has 0 radical (unpaired) electrons. The van der Waals surface area contributed by atoms with Gasteiger partial charge in [-0.05, 0) is 34.0 Å². The SMILES string of the molecule is NNC(c1ccc(Cl)cc1Br)c1cccc2ccccc12. The number of halogens is 2. The number of benzene rings is 3. The van der Waals surface area contributed by atoms with E-state index in [9.17, 15) is 0 Å². The third-order valence-corrected chi connectivity index (χ3v) is 4.50. The number of hydrazine groups is 1. The first-order valence-corrected chi connectivity index (χ1v) is 7.76. The van der Waals surface area contributed by atoms with Crippen molar-refractivity contribution in [3.05, 3.63) is 81.3 Å². The topological polar surface area (TPSA) is 38.0 Å². The third kappa shape index (κ3) is 2.83. The molecule has 4 heteroatoms. The van der Waals surface area contributed by atoms with Crippen LogP contribution in [0.3, 0.4) is 0 Å². The lowest BCUT2D eigenvalue weighted by Crippen LogP contribution is -2.29. The van der Waals surface area contributed by atoms with Gasteiger partial charge >= 0.3 is 0 Å². The molecule has 0 saturated heterocycles. The molecular weight excluding hydrogens is 348 g/mol.